The first-order valence-corrected chi connectivity index (χ1v) is 7.44. The van der Waals surface area contributed by atoms with Crippen LogP contribution in [-0.2, 0) is 0 Å². The second-order valence-electron chi connectivity index (χ2n) is 5.16. The number of amides is 1. The van der Waals surface area contributed by atoms with E-state index in [0.717, 1.165) is 5.69 Å². The number of rotatable bonds is 4. The molecule has 0 saturated carbocycles. The zero-order chi connectivity index (χ0) is 16.8. The first-order chi connectivity index (χ1) is 11.7. The van der Waals surface area contributed by atoms with Gasteiger partial charge >= 0.3 is 0 Å². The number of nitrogens with two attached hydrogens (primary N) is 1. The number of nitrogens with one attached hydrogen (secondary N) is 1. The minimum absolute atomic E-state index is 0.146. The van der Waals surface area contributed by atoms with Crippen LogP contribution in [0, 0.1) is 0 Å². The predicted octanol–water partition coefficient (Wildman–Crippen LogP) is 4.94. The maximum Gasteiger partial charge on any atom is 0.255 e. The Labute approximate surface area is 139 Å². The molecule has 0 aliphatic heterocycles. The lowest BCUT2D eigenvalue weighted by Crippen LogP contribution is -2.11. The molecule has 0 aromatic heterocycles. The summed E-state index contributed by atoms with van der Waals surface area (Å²) in [4.78, 5) is 12.1. The summed E-state index contributed by atoms with van der Waals surface area (Å²) < 4.78 is 0. The van der Waals surface area contributed by atoms with Crippen LogP contribution in [0.2, 0.25) is 0 Å². The zero-order valence-corrected chi connectivity index (χ0v) is 12.9. The van der Waals surface area contributed by atoms with Crippen molar-refractivity contribution in [2.24, 2.45) is 10.2 Å². The molecule has 3 aromatic rings. The topological polar surface area (TPSA) is 79.8 Å². The van der Waals surface area contributed by atoms with Crippen LogP contribution in [0.5, 0.6) is 0 Å². The molecule has 118 valence electrons. The smallest absolute Gasteiger partial charge is 0.255 e. The van der Waals surface area contributed by atoms with Crippen molar-refractivity contribution in [3.63, 3.8) is 0 Å². The van der Waals surface area contributed by atoms with E-state index in [4.69, 9.17) is 5.73 Å². The standard InChI is InChI=1S/C19H16N4O/c20-15-6-8-17(9-7-15)22-23-18-12-10-16(11-13-18)21-19(24)14-4-2-1-3-5-14/h1-13H,20H2,(H,21,24)/b23-22+. The molecule has 0 spiro atoms. The van der Waals surface area contributed by atoms with Crippen molar-refractivity contribution in [1.82, 2.24) is 0 Å². The van der Waals surface area contributed by atoms with Gasteiger partial charge in [-0.2, -0.15) is 10.2 Å². The second-order valence-corrected chi connectivity index (χ2v) is 5.16. The van der Waals surface area contributed by atoms with E-state index in [1.165, 1.54) is 0 Å². The van der Waals surface area contributed by atoms with Gasteiger partial charge in [-0.05, 0) is 60.7 Å². The number of hydrogen-bond donors (Lipinski definition) is 2. The van der Waals surface area contributed by atoms with Gasteiger partial charge in [0.1, 0.15) is 0 Å². The van der Waals surface area contributed by atoms with Crippen LogP contribution in [-0.4, -0.2) is 5.91 Å². The Kier molecular flexibility index (Phi) is 4.62. The lowest BCUT2D eigenvalue weighted by atomic mass is 10.2. The number of benzene rings is 3. The summed E-state index contributed by atoms with van der Waals surface area (Å²) in [6.45, 7) is 0. The van der Waals surface area contributed by atoms with Crippen molar-refractivity contribution in [2.45, 2.75) is 0 Å². The molecule has 1 amide bonds. The second kappa shape index (κ2) is 7.19. The van der Waals surface area contributed by atoms with E-state index in [-0.39, 0.29) is 5.91 Å². The van der Waals surface area contributed by atoms with E-state index in [9.17, 15) is 4.79 Å². The third-order valence-corrected chi connectivity index (χ3v) is 3.34. The van der Waals surface area contributed by atoms with E-state index in [0.29, 0.717) is 22.6 Å². The molecule has 5 nitrogen and oxygen atoms in total. The Bertz CT molecular complexity index is 841. The molecule has 0 radical (unpaired) electrons. The quantitative estimate of drug-likeness (QED) is 0.528. The third kappa shape index (κ3) is 4.04. The van der Waals surface area contributed by atoms with Crippen LogP contribution in [0.25, 0.3) is 0 Å². The van der Waals surface area contributed by atoms with E-state index < -0.39 is 0 Å². The molecule has 0 atom stereocenters. The monoisotopic (exact) mass is 316 g/mol. The molecule has 0 saturated heterocycles. The van der Waals surface area contributed by atoms with E-state index in [1.807, 2.05) is 18.2 Å². The van der Waals surface area contributed by atoms with Crippen LogP contribution >= 0.6 is 0 Å². The predicted molar refractivity (Wildman–Crippen MR) is 95.9 cm³/mol. The molecule has 3 aromatic carbocycles. The van der Waals surface area contributed by atoms with Gasteiger partial charge in [-0.1, -0.05) is 18.2 Å². The molecule has 0 aliphatic rings. The molecule has 0 bridgehead atoms. The maximum atomic E-state index is 12.1. The lowest BCUT2D eigenvalue weighted by molar-refractivity contribution is 0.102. The SMILES string of the molecule is Nc1ccc(/N=N/c2ccc(NC(=O)c3ccccc3)cc2)cc1. The molecule has 3 rings (SSSR count). The molecule has 0 aliphatic carbocycles. The normalized spacial score (nSPS) is 10.7. The summed E-state index contributed by atoms with van der Waals surface area (Å²) in [7, 11) is 0. The number of azo groups is 1. The number of nitrogens with zero attached hydrogens (tertiary/aromatic N) is 2. The van der Waals surface area contributed by atoms with Crippen LogP contribution in [0.3, 0.4) is 0 Å². The molecular formula is C19H16N4O. The van der Waals surface area contributed by atoms with Gasteiger partial charge in [0, 0.05) is 16.9 Å². The Balaban J connectivity index is 1.65. The van der Waals surface area contributed by atoms with Crippen molar-refractivity contribution in [1.29, 1.82) is 0 Å². The van der Waals surface area contributed by atoms with Crippen LogP contribution in [0.15, 0.2) is 89.1 Å². The molecule has 0 fully saturated rings. The van der Waals surface area contributed by atoms with E-state index in [1.54, 1.807) is 60.7 Å². The summed E-state index contributed by atoms with van der Waals surface area (Å²) in [5.74, 6) is -0.146. The van der Waals surface area contributed by atoms with Gasteiger partial charge in [-0.3, -0.25) is 4.79 Å². The molecule has 0 heterocycles. The fourth-order valence-corrected chi connectivity index (χ4v) is 2.06. The molecular weight excluding hydrogens is 300 g/mol. The van der Waals surface area contributed by atoms with Gasteiger partial charge in [0.25, 0.3) is 5.91 Å². The van der Waals surface area contributed by atoms with Gasteiger partial charge in [0.15, 0.2) is 0 Å². The van der Waals surface area contributed by atoms with Crippen molar-refractivity contribution >= 4 is 28.7 Å². The molecule has 0 unspecified atom stereocenters. The number of nitrogen functional groups attached to an aromatic ring is 1. The Morgan fingerprint density at radius 1 is 0.750 bits per heavy atom. The summed E-state index contributed by atoms with van der Waals surface area (Å²) in [5, 5.41) is 11.1. The first-order valence-electron chi connectivity index (χ1n) is 7.44. The molecule has 5 heteroatoms. The third-order valence-electron chi connectivity index (χ3n) is 3.34. The minimum atomic E-state index is -0.146. The average Bonchev–Trinajstić information content (AvgIpc) is 2.63. The van der Waals surface area contributed by atoms with Crippen molar-refractivity contribution in [3.05, 3.63) is 84.4 Å². The van der Waals surface area contributed by atoms with Crippen LogP contribution in [0.1, 0.15) is 10.4 Å². The number of carbonyl (C=O) groups excluding carboxylic acids is 1. The first kappa shape index (κ1) is 15.4. The molecule has 24 heavy (non-hydrogen) atoms. The van der Waals surface area contributed by atoms with Gasteiger partial charge in [-0.25, -0.2) is 0 Å². The highest BCUT2D eigenvalue weighted by molar-refractivity contribution is 6.04. The van der Waals surface area contributed by atoms with Crippen molar-refractivity contribution in [2.75, 3.05) is 11.1 Å². The number of hydrogen-bond acceptors (Lipinski definition) is 4. The highest BCUT2D eigenvalue weighted by Crippen LogP contribution is 2.21. The Hall–Kier alpha value is -3.47. The van der Waals surface area contributed by atoms with Gasteiger partial charge in [0.05, 0.1) is 11.4 Å². The Morgan fingerprint density at radius 3 is 1.88 bits per heavy atom. The van der Waals surface area contributed by atoms with Crippen LogP contribution in [0.4, 0.5) is 22.7 Å². The van der Waals surface area contributed by atoms with Crippen molar-refractivity contribution < 1.29 is 4.79 Å². The largest absolute Gasteiger partial charge is 0.399 e. The maximum absolute atomic E-state index is 12.1. The van der Waals surface area contributed by atoms with E-state index in [2.05, 4.69) is 15.5 Å². The summed E-state index contributed by atoms with van der Waals surface area (Å²) in [6.07, 6.45) is 0. The van der Waals surface area contributed by atoms with Gasteiger partial charge < -0.3 is 11.1 Å². The summed E-state index contributed by atoms with van der Waals surface area (Å²) in [6, 6.07) is 23.4. The van der Waals surface area contributed by atoms with Crippen molar-refractivity contribution in [3.8, 4) is 0 Å². The average molecular weight is 316 g/mol. The fraction of sp³-hybridized carbons (Fsp3) is 0. The zero-order valence-electron chi connectivity index (χ0n) is 12.9. The number of anilines is 2. The van der Waals surface area contributed by atoms with Gasteiger partial charge in [-0.15, -0.1) is 0 Å². The molecule has 3 N–H and O–H groups in total. The minimum Gasteiger partial charge on any atom is -0.399 e. The summed E-state index contributed by atoms with van der Waals surface area (Å²) >= 11 is 0. The highest BCUT2D eigenvalue weighted by atomic mass is 16.1. The van der Waals surface area contributed by atoms with Gasteiger partial charge in [0.2, 0.25) is 0 Å². The van der Waals surface area contributed by atoms with E-state index >= 15 is 0 Å². The lowest BCUT2D eigenvalue weighted by Gasteiger charge is -2.05. The highest BCUT2D eigenvalue weighted by Gasteiger charge is 2.04. The van der Waals surface area contributed by atoms with Crippen LogP contribution < -0.4 is 11.1 Å². The Morgan fingerprint density at radius 2 is 1.29 bits per heavy atom. The number of carbonyl (C=O) groups is 1. The summed E-state index contributed by atoms with van der Waals surface area (Å²) in [5.41, 5.74) is 9.06. The fourth-order valence-electron chi connectivity index (χ4n) is 2.06.